The third kappa shape index (κ3) is 4.64. The number of hydrogen-bond donors (Lipinski definition) is 1. The van der Waals surface area contributed by atoms with Crippen LogP contribution >= 0.6 is 11.8 Å². The number of aromatic nitrogens is 3. The lowest BCUT2D eigenvalue weighted by atomic mass is 10.2. The van der Waals surface area contributed by atoms with Gasteiger partial charge in [-0.3, -0.25) is 4.79 Å². The number of thioether (sulfide) groups is 1. The zero-order valence-electron chi connectivity index (χ0n) is 15.8. The topological polar surface area (TPSA) is 59.8 Å². The van der Waals surface area contributed by atoms with Crippen LogP contribution in [0.1, 0.15) is 37.1 Å². The molecule has 1 aliphatic carbocycles. The number of carbonyl (C=O) groups is 1. The average molecular weight is 414 g/mol. The lowest BCUT2D eigenvalue weighted by Gasteiger charge is -2.14. The molecule has 1 fully saturated rings. The maximum Gasteiger partial charge on any atom is 0.237 e. The van der Waals surface area contributed by atoms with Crippen LogP contribution in [0, 0.1) is 11.6 Å². The summed E-state index contributed by atoms with van der Waals surface area (Å²) in [5.41, 5.74) is 1.08. The fourth-order valence-corrected chi connectivity index (χ4v) is 3.84. The molecule has 150 valence electrons. The highest BCUT2D eigenvalue weighted by molar-refractivity contribution is 8.00. The number of benzene rings is 2. The first-order valence-electron chi connectivity index (χ1n) is 9.41. The van der Waals surface area contributed by atoms with Crippen LogP contribution in [0.3, 0.4) is 0 Å². The highest BCUT2D eigenvalue weighted by Crippen LogP contribution is 2.40. The van der Waals surface area contributed by atoms with Crippen LogP contribution < -0.4 is 5.32 Å². The van der Waals surface area contributed by atoms with Crippen molar-refractivity contribution in [2.75, 3.05) is 5.32 Å². The van der Waals surface area contributed by atoms with E-state index >= 15 is 0 Å². The van der Waals surface area contributed by atoms with E-state index in [0.717, 1.165) is 36.4 Å². The molecule has 1 amide bonds. The summed E-state index contributed by atoms with van der Waals surface area (Å²) in [6.45, 7) is 2.35. The number of hydrogen-bond acceptors (Lipinski definition) is 4. The second-order valence-electron chi connectivity index (χ2n) is 7.06. The third-order valence-electron chi connectivity index (χ3n) is 4.71. The van der Waals surface area contributed by atoms with Crippen LogP contribution in [0.2, 0.25) is 0 Å². The maximum absolute atomic E-state index is 13.8. The quantitative estimate of drug-likeness (QED) is 0.574. The third-order valence-corrected chi connectivity index (χ3v) is 5.79. The van der Waals surface area contributed by atoms with Gasteiger partial charge in [0.15, 0.2) is 5.16 Å². The van der Waals surface area contributed by atoms with Gasteiger partial charge in [-0.2, -0.15) is 0 Å². The molecule has 1 aromatic heterocycles. The van der Waals surface area contributed by atoms with E-state index in [4.69, 9.17) is 0 Å². The Labute approximate surface area is 171 Å². The summed E-state index contributed by atoms with van der Waals surface area (Å²) >= 11 is 1.27. The molecule has 4 rings (SSSR count). The maximum atomic E-state index is 13.8. The van der Waals surface area contributed by atoms with E-state index < -0.39 is 16.9 Å². The summed E-state index contributed by atoms with van der Waals surface area (Å²) in [6.07, 6.45) is 2.19. The standard InChI is InChI=1S/C21H20F2N4OS/c1-13(20(28)24-18-10-9-16(22)11-17(18)23)29-21-26-25-19(15-7-8-15)27(21)12-14-5-3-2-4-6-14/h2-6,9-11,13,15H,7-8,12H2,1H3,(H,24,28). The van der Waals surface area contributed by atoms with Crippen LogP contribution in [0.25, 0.3) is 0 Å². The lowest BCUT2D eigenvalue weighted by molar-refractivity contribution is -0.115. The summed E-state index contributed by atoms with van der Waals surface area (Å²) in [6, 6.07) is 13.1. The van der Waals surface area contributed by atoms with Gasteiger partial charge in [-0.05, 0) is 37.5 Å². The molecule has 0 saturated heterocycles. The zero-order chi connectivity index (χ0) is 20.4. The smallest absolute Gasteiger partial charge is 0.237 e. The van der Waals surface area contributed by atoms with E-state index in [1.165, 1.54) is 17.8 Å². The molecule has 8 heteroatoms. The van der Waals surface area contributed by atoms with E-state index in [-0.39, 0.29) is 11.6 Å². The summed E-state index contributed by atoms with van der Waals surface area (Å²) in [7, 11) is 0. The largest absolute Gasteiger partial charge is 0.323 e. The number of amides is 1. The minimum atomic E-state index is -0.807. The van der Waals surface area contributed by atoms with Crippen LogP contribution in [0.5, 0.6) is 0 Å². The lowest BCUT2D eigenvalue weighted by Crippen LogP contribution is -2.23. The van der Waals surface area contributed by atoms with Gasteiger partial charge in [0, 0.05) is 12.0 Å². The van der Waals surface area contributed by atoms with Gasteiger partial charge < -0.3 is 9.88 Å². The molecule has 3 aromatic rings. The van der Waals surface area contributed by atoms with Crippen molar-refractivity contribution in [3.05, 3.63) is 71.6 Å². The molecule has 0 radical (unpaired) electrons. The number of carbonyl (C=O) groups excluding carboxylic acids is 1. The van der Waals surface area contributed by atoms with Crippen molar-refractivity contribution in [1.82, 2.24) is 14.8 Å². The highest BCUT2D eigenvalue weighted by atomic mass is 32.2. The minimum absolute atomic E-state index is 0.0479. The number of anilines is 1. The number of nitrogens with zero attached hydrogens (tertiary/aromatic N) is 3. The number of rotatable bonds is 7. The first-order chi connectivity index (χ1) is 14.0. The van der Waals surface area contributed by atoms with Crippen molar-refractivity contribution in [1.29, 1.82) is 0 Å². The predicted molar refractivity (Wildman–Crippen MR) is 108 cm³/mol. The second kappa shape index (κ2) is 8.32. The SMILES string of the molecule is CC(Sc1nnc(C2CC2)n1Cc1ccccc1)C(=O)Nc1ccc(F)cc1F. The summed E-state index contributed by atoms with van der Waals surface area (Å²) in [4.78, 5) is 12.5. The normalized spacial score (nSPS) is 14.6. The molecule has 1 saturated carbocycles. The molecule has 0 aliphatic heterocycles. The van der Waals surface area contributed by atoms with Gasteiger partial charge in [-0.15, -0.1) is 10.2 Å². The predicted octanol–water partition coefficient (Wildman–Crippen LogP) is 4.60. The Morgan fingerprint density at radius 3 is 2.66 bits per heavy atom. The molecular formula is C21H20F2N4OS. The van der Waals surface area contributed by atoms with E-state index in [1.54, 1.807) is 6.92 Å². The molecule has 1 aliphatic rings. The Bertz CT molecular complexity index is 1020. The van der Waals surface area contributed by atoms with Gasteiger partial charge in [-0.25, -0.2) is 8.78 Å². The molecule has 1 atom stereocenters. The van der Waals surface area contributed by atoms with Crippen LogP contribution in [-0.4, -0.2) is 25.9 Å². The van der Waals surface area contributed by atoms with Gasteiger partial charge in [0.1, 0.15) is 17.5 Å². The first kappa shape index (κ1) is 19.6. The Balaban J connectivity index is 1.50. The minimum Gasteiger partial charge on any atom is -0.323 e. The molecule has 1 heterocycles. The molecule has 5 nitrogen and oxygen atoms in total. The Morgan fingerprint density at radius 2 is 1.97 bits per heavy atom. The van der Waals surface area contributed by atoms with Crippen molar-refractivity contribution in [3.8, 4) is 0 Å². The van der Waals surface area contributed by atoms with E-state index in [1.807, 2.05) is 30.3 Å². The van der Waals surface area contributed by atoms with Gasteiger partial charge in [0.25, 0.3) is 0 Å². The molecule has 0 spiro atoms. The Morgan fingerprint density at radius 1 is 1.21 bits per heavy atom. The molecule has 2 aromatic carbocycles. The van der Waals surface area contributed by atoms with Gasteiger partial charge in [0.2, 0.25) is 5.91 Å². The summed E-state index contributed by atoms with van der Waals surface area (Å²) in [5, 5.41) is 11.3. The Hall–Kier alpha value is -2.74. The fraction of sp³-hybridized carbons (Fsp3) is 0.286. The van der Waals surface area contributed by atoms with Crippen molar-refractivity contribution >= 4 is 23.4 Å². The summed E-state index contributed by atoms with van der Waals surface area (Å²) < 4.78 is 28.9. The van der Waals surface area contributed by atoms with Gasteiger partial charge in [0.05, 0.1) is 17.5 Å². The molecule has 1 N–H and O–H groups in total. The second-order valence-corrected chi connectivity index (χ2v) is 8.37. The van der Waals surface area contributed by atoms with E-state index in [9.17, 15) is 13.6 Å². The van der Waals surface area contributed by atoms with Crippen molar-refractivity contribution < 1.29 is 13.6 Å². The van der Waals surface area contributed by atoms with Crippen molar-refractivity contribution in [3.63, 3.8) is 0 Å². The average Bonchev–Trinajstić information content (AvgIpc) is 3.48. The fourth-order valence-electron chi connectivity index (χ4n) is 2.98. The molecule has 1 unspecified atom stereocenters. The van der Waals surface area contributed by atoms with E-state index in [2.05, 4.69) is 20.1 Å². The van der Waals surface area contributed by atoms with Gasteiger partial charge in [-0.1, -0.05) is 42.1 Å². The number of nitrogens with one attached hydrogen (secondary N) is 1. The van der Waals surface area contributed by atoms with Crippen LogP contribution in [-0.2, 0) is 11.3 Å². The highest BCUT2D eigenvalue weighted by Gasteiger charge is 2.31. The Kier molecular flexibility index (Phi) is 5.62. The number of halogens is 2. The van der Waals surface area contributed by atoms with Crippen molar-refractivity contribution in [2.24, 2.45) is 0 Å². The van der Waals surface area contributed by atoms with E-state index in [0.29, 0.717) is 17.6 Å². The van der Waals surface area contributed by atoms with Crippen LogP contribution in [0.4, 0.5) is 14.5 Å². The summed E-state index contributed by atoms with van der Waals surface area (Å²) in [5.74, 6) is -0.530. The van der Waals surface area contributed by atoms with Crippen LogP contribution in [0.15, 0.2) is 53.7 Å². The molecular weight excluding hydrogens is 394 g/mol. The van der Waals surface area contributed by atoms with Gasteiger partial charge >= 0.3 is 0 Å². The van der Waals surface area contributed by atoms with Crippen molar-refractivity contribution in [2.45, 2.75) is 42.6 Å². The molecule has 0 bridgehead atoms. The monoisotopic (exact) mass is 414 g/mol. The molecule has 29 heavy (non-hydrogen) atoms. The first-order valence-corrected chi connectivity index (χ1v) is 10.3. The zero-order valence-corrected chi connectivity index (χ0v) is 16.6.